The number of nitro groups is 4. The average Bonchev–Trinajstić information content (AvgIpc) is 3.02. The van der Waals surface area contributed by atoms with Crippen molar-refractivity contribution < 1.29 is 19.7 Å². The molecule has 0 saturated carbocycles. The van der Waals surface area contributed by atoms with E-state index in [1.807, 2.05) is 4.93 Å². The van der Waals surface area contributed by atoms with Gasteiger partial charge in [0, 0.05) is 44.7 Å². The molecular weight excluding hydrogens is 921 g/mol. The van der Waals surface area contributed by atoms with Crippen LogP contribution in [0.3, 0.4) is 0 Å². The normalized spacial score (nSPS) is 10.3. The Kier molecular flexibility index (Phi) is 16.0. The fourth-order valence-corrected chi connectivity index (χ4v) is 6.49. The van der Waals surface area contributed by atoms with Gasteiger partial charge in [-0.25, -0.2) is 0 Å². The zero-order chi connectivity index (χ0) is 38.4. The predicted molar refractivity (Wildman–Crippen MR) is 208 cm³/mol. The first-order chi connectivity index (χ1) is 23.3. The highest BCUT2D eigenvalue weighted by atomic mass is 127. The van der Waals surface area contributed by atoms with E-state index in [9.17, 15) is 40.5 Å². The molecule has 0 spiro atoms. The second-order valence-corrected chi connectivity index (χ2v) is 12.6. The molecule has 0 saturated heterocycles. The van der Waals surface area contributed by atoms with Crippen LogP contribution in [0.15, 0.2) is 42.5 Å². The lowest BCUT2D eigenvalue weighted by Crippen LogP contribution is -2.14. The summed E-state index contributed by atoms with van der Waals surface area (Å²) in [7, 11) is 1.55. The number of benzene rings is 4. The van der Waals surface area contributed by atoms with Crippen molar-refractivity contribution in [1.82, 2.24) is 0 Å². The van der Waals surface area contributed by atoms with Gasteiger partial charge in [0.2, 0.25) is 0 Å². The average molecular weight is 943 g/mol. The number of nitro benzene ring substituents is 4. The number of anilines is 2. The summed E-state index contributed by atoms with van der Waals surface area (Å²) in [5.41, 5.74) is -0.343. The highest BCUT2D eigenvalue weighted by Crippen LogP contribution is 2.45. The van der Waals surface area contributed by atoms with Crippen molar-refractivity contribution >= 4 is 138 Å². The summed E-state index contributed by atoms with van der Waals surface area (Å²) in [4.78, 5) is 45.2. The van der Waals surface area contributed by atoms with Crippen LogP contribution in [0.25, 0.3) is 0 Å². The Morgan fingerprint density at radius 2 is 1.00 bits per heavy atom. The number of rotatable bonds is 8. The van der Waals surface area contributed by atoms with E-state index in [0.29, 0.717) is 21.3 Å². The van der Waals surface area contributed by atoms with E-state index in [1.54, 1.807) is 19.2 Å². The first-order valence-corrected chi connectivity index (χ1v) is 18.0. The van der Waals surface area contributed by atoms with Gasteiger partial charge in [-0.3, -0.25) is 40.5 Å². The molecule has 21 heteroatoms. The zero-order valence-corrected chi connectivity index (χ0v) is 33.2. The Morgan fingerprint density at radius 3 is 1.44 bits per heavy atom. The van der Waals surface area contributed by atoms with Crippen molar-refractivity contribution in [2.24, 2.45) is 0 Å². The Hall–Kier alpha value is -2.96. The van der Waals surface area contributed by atoms with E-state index in [2.05, 4.69) is 22.6 Å². The molecule has 0 aromatic heterocycles. The summed E-state index contributed by atoms with van der Waals surface area (Å²) < 4.78 is 0. The third kappa shape index (κ3) is 9.88. The molecule has 0 amide bonds. The van der Waals surface area contributed by atoms with Crippen LogP contribution in [-0.4, -0.2) is 31.7 Å². The molecule has 0 aliphatic carbocycles. The number of hydrogen-bond acceptors (Lipinski definition) is 9. The molecule has 4 aromatic rings. The molecule has 0 atom stereocenters. The standard InChI is InChI=1S/C14H8Cl4N2O4.C14H10Cl3N3O4.CH3I/c1-6-8(4-9-10(16)2-7(15)3-11(9)17)12(19(21)22)5-13(14(6)18)20(23)24;1-7-13(17)11(19(21)22)6-12(20(23)24)14(7)18(2)10-4-3-8(15)5-9(10)16;1-2/h2-3,5H,4H2,1H3;3-6H,1-2H3;1H3. The van der Waals surface area contributed by atoms with Gasteiger partial charge >= 0.3 is 0 Å². The van der Waals surface area contributed by atoms with Crippen molar-refractivity contribution in [3.8, 4) is 0 Å². The molecule has 0 fully saturated rings. The Balaban J connectivity index is 0.000000330. The second-order valence-electron chi connectivity index (χ2n) is 9.74. The van der Waals surface area contributed by atoms with Gasteiger partial charge in [-0.1, -0.05) is 104 Å². The topological polar surface area (TPSA) is 176 Å². The van der Waals surface area contributed by atoms with Crippen LogP contribution in [0.2, 0.25) is 35.2 Å². The quantitative estimate of drug-likeness (QED) is 0.0720. The fraction of sp³-hybridized carbons (Fsp3) is 0.172. The molecule has 0 aliphatic heterocycles. The van der Waals surface area contributed by atoms with Crippen LogP contribution >= 0.6 is 104 Å². The van der Waals surface area contributed by atoms with E-state index in [0.717, 1.165) is 12.1 Å². The first-order valence-electron chi connectivity index (χ1n) is 13.2. The van der Waals surface area contributed by atoms with Gasteiger partial charge in [-0.15, -0.1) is 0 Å². The van der Waals surface area contributed by atoms with E-state index < -0.39 is 42.4 Å². The summed E-state index contributed by atoms with van der Waals surface area (Å²) in [5.74, 6) is 0. The molecule has 0 heterocycles. The van der Waals surface area contributed by atoms with Gasteiger partial charge in [0.25, 0.3) is 22.7 Å². The lowest BCUT2D eigenvalue weighted by molar-refractivity contribution is -0.394. The smallest absolute Gasteiger partial charge is 0.300 e. The molecule has 0 aliphatic rings. The molecule has 50 heavy (non-hydrogen) atoms. The lowest BCUT2D eigenvalue weighted by Gasteiger charge is -2.23. The van der Waals surface area contributed by atoms with Crippen LogP contribution in [0.4, 0.5) is 34.1 Å². The van der Waals surface area contributed by atoms with Crippen LogP contribution in [0.5, 0.6) is 0 Å². The summed E-state index contributed by atoms with van der Waals surface area (Å²) in [6, 6.07) is 9.24. The molecular formula is C29H21Cl7IN5O8. The molecule has 0 unspecified atom stereocenters. The fourth-order valence-electron chi connectivity index (χ4n) is 4.55. The number of hydrogen-bond donors (Lipinski definition) is 0. The summed E-state index contributed by atoms with van der Waals surface area (Å²) in [5, 5.41) is 45.9. The van der Waals surface area contributed by atoms with E-state index in [-0.39, 0.29) is 53.9 Å². The Labute approximate surface area is 332 Å². The van der Waals surface area contributed by atoms with E-state index in [4.69, 9.17) is 81.2 Å². The van der Waals surface area contributed by atoms with Crippen molar-refractivity contribution in [1.29, 1.82) is 0 Å². The number of nitrogens with zero attached hydrogens (tertiary/aromatic N) is 5. The highest BCUT2D eigenvalue weighted by Gasteiger charge is 2.31. The van der Waals surface area contributed by atoms with Gasteiger partial charge in [0.05, 0.1) is 42.5 Å². The van der Waals surface area contributed by atoms with Gasteiger partial charge in [-0.2, -0.15) is 0 Å². The minimum Gasteiger partial charge on any atom is -0.338 e. The summed E-state index contributed by atoms with van der Waals surface area (Å²) in [6.45, 7) is 2.94. The second kappa shape index (κ2) is 18.5. The van der Waals surface area contributed by atoms with Crippen molar-refractivity contribution in [2.45, 2.75) is 20.3 Å². The van der Waals surface area contributed by atoms with Crippen molar-refractivity contribution in [3.63, 3.8) is 0 Å². The molecule has 0 N–H and O–H groups in total. The molecule has 4 rings (SSSR count). The molecule has 0 radical (unpaired) electrons. The van der Waals surface area contributed by atoms with Crippen LogP contribution < -0.4 is 4.90 Å². The zero-order valence-electron chi connectivity index (χ0n) is 25.8. The minimum atomic E-state index is -0.769. The van der Waals surface area contributed by atoms with E-state index in [1.165, 1.54) is 36.9 Å². The van der Waals surface area contributed by atoms with Gasteiger partial charge in [0.1, 0.15) is 15.7 Å². The van der Waals surface area contributed by atoms with E-state index >= 15 is 0 Å². The maximum absolute atomic E-state index is 11.4. The van der Waals surface area contributed by atoms with Crippen molar-refractivity contribution in [3.05, 3.63) is 140 Å². The lowest BCUT2D eigenvalue weighted by atomic mass is 9.97. The number of alkyl halides is 1. The summed E-state index contributed by atoms with van der Waals surface area (Å²) >= 11 is 44.2. The monoisotopic (exact) mass is 939 g/mol. The highest BCUT2D eigenvalue weighted by molar-refractivity contribution is 14.1. The third-order valence-corrected chi connectivity index (χ3v) is 9.25. The summed E-state index contributed by atoms with van der Waals surface area (Å²) in [6.07, 6.45) is -0.0192. The van der Waals surface area contributed by atoms with Crippen LogP contribution in [0, 0.1) is 54.3 Å². The predicted octanol–water partition coefficient (Wildman–Crippen LogP) is 12.6. The molecule has 4 aromatic carbocycles. The molecule has 0 bridgehead atoms. The van der Waals surface area contributed by atoms with Gasteiger partial charge in [0.15, 0.2) is 0 Å². The van der Waals surface area contributed by atoms with Crippen LogP contribution in [0.1, 0.15) is 22.3 Å². The SMILES string of the molecule is CI.Cc1c(Cl)c([N+](=O)[O-])cc([N+](=O)[O-])c1Cc1c(Cl)cc(Cl)cc1Cl.Cc1c(Cl)c([N+](=O)[O-])cc([N+](=O)[O-])c1N(C)c1ccc(Cl)cc1Cl. The first kappa shape index (κ1) is 43.2. The van der Waals surface area contributed by atoms with Gasteiger partial charge in [-0.05, 0) is 60.2 Å². The Bertz CT molecular complexity index is 2000. The van der Waals surface area contributed by atoms with Crippen molar-refractivity contribution in [2.75, 3.05) is 16.9 Å². The maximum atomic E-state index is 11.4. The Morgan fingerprint density at radius 1 is 0.580 bits per heavy atom. The van der Waals surface area contributed by atoms with Crippen LogP contribution in [-0.2, 0) is 6.42 Å². The minimum absolute atomic E-state index is 0.0192. The molecule has 13 nitrogen and oxygen atoms in total. The van der Waals surface area contributed by atoms with Gasteiger partial charge < -0.3 is 4.90 Å². The number of halogens is 8. The maximum Gasteiger partial charge on any atom is 0.300 e. The molecule has 266 valence electrons. The largest absolute Gasteiger partial charge is 0.338 e. The third-order valence-electron chi connectivity index (χ3n) is 6.87.